The van der Waals surface area contributed by atoms with Crippen molar-refractivity contribution >= 4 is 0 Å². The lowest BCUT2D eigenvalue weighted by Gasteiger charge is -2.08. The maximum absolute atomic E-state index is 11.9. The Hall–Kier alpha value is -2.15. The highest BCUT2D eigenvalue weighted by atomic mass is 16.2. The first-order valence-corrected chi connectivity index (χ1v) is 6.01. The molecule has 0 saturated carbocycles. The van der Waals surface area contributed by atoms with Gasteiger partial charge in [-0.2, -0.15) is 0 Å². The van der Waals surface area contributed by atoms with Crippen molar-refractivity contribution < 1.29 is 0 Å². The Morgan fingerprint density at radius 2 is 2.11 bits per heavy atom. The van der Waals surface area contributed by atoms with E-state index in [1.807, 2.05) is 10.8 Å². The van der Waals surface area contributed by atoms with E-state index in [-0.39, 0.29) is 11.2 Å². The summed E-state index contributed by atoms with van der Waals surface area (Å²) in [5.41, 5.74) is 0.0145. The second-order valence-electron chi connectivity index (χ2n) is 4.39. The van der Waals surface area contributed by atoms with Crippen molar-refractivity contribution in [2.24, 2.45) is 14.1 Å². The van der Waals surface area contributed by atoms with Crippen molar-refractivity contribution in [1.29, 1.82) is 0 Å². The number of imidazole rings is 1. The maximum atomic E-state index is 11.9. The van der Waals surface area contributed by atoms with Crippen LogP contribution in [0.3, 0.4) is 0 Å². The standard InChI is InChI=1S/C12H17N5O2/c1-15-8-10(11(18)16(2)12(15)19)7-13-3-5-17-6-4-14-9-17/h4,6,8-9,13H,3,5,7H2,1-2H3. The van der Waals surface area contributed by atoms with E-state index in [0.29, 0.717) is 12.1 Å². The smallest absolute Gasteiger partial charge is 0.330 e. The summed E-state index contributed by atoms with van der Waals surface area (Å²) in [6, 6.07) is 0. The van der Waals surface area contributed by atoms with Gasteiger partial charge in [-0.25, -0.2) is 9.78 Å². The third-order valence-corrected chi connectivity index (χ3v) is 2.94. The van der Waals surface area contributed by atoms with Gasteiger partial charge in [0.15, 0.2) is 0 Å². The number of aryl methyl sites for hydroxylation is 1. The minimum atomic E-state index is -0.313. The molecule has 102 valence electrons. The van der Waals surface area contributed by atoms with E-state index in [0.717, 1.165) is 17.7 Å². The normalized spacial score (nSPS) is 10.8. The van der Waals surface area contributed by atoms with Gasteiger partial charge >= 0.3 is 5.69 Å². The highest BCUT2D eigenvalue weighted by Gasteiger charge is 2.05. The van der Waals surface area contributed by atoms with Gasteiger partial charge in [0.05, 0.1) is 6.33 Å². The molecule has 0 aliphatic carbocycles. The van der Waals surface area contributed by atoms with Crippen molar-refractivity contribution in [2.45, 2.75) is 13.1 Å². The van der Waals surface area contributed by atoms with E-state index < -0.39 is 0 Å². The van der Waals surface area contributed by atoms with Crippen LogP contribution < -0.4 is 16.6 Å². The molecule has 1 N–H and O–H groups in total. The van der Waals surface area contributed by atoms with E-state index in [1.54, 1.807) is 25.8 Å². The SMILES string of the molecule is Cn1cc(CNCCn2ccnc2)c(=O)n(C)c1=O. The average Bonchev–Trinajstić information content (AvgIpc) is 2.91. The summed E-state index contributed by atoms with van der Waals surface area (Å²) in [5.74, 6) is 0. The van der Waals surface area contributed by atoms with Crippen molar-refractivity contribution in [3.05, 3.63) is 51.3 Å². The van der Waals surface area contributed by atoms with Gasteiger partial charge in [-0.05, 0) is 0 Å². The zero-order chi connectivity index (χ0) is 13.8. The van der Waals surface area contributed by atoms with E-state index in [9.17, 15) is 9.59 Å². The molecule has 7 heteroatoms. The van der Waals surface area contributed by atoms with Crippen molar-refractivity contribution in [1.82, 2.24) is 24.0 Å². The fourth-order valence-corrected chi connectivity index (χ4v) is 1.85. The zero-order valence-corrected chi connectivity index (χ0v) is 11.0. The summed E-state index contributed by atoms with van der Waals surface area (Å²) < 4.78 is 4.48. The molecule has 0 atom stereocenters. The van der Waals surface area contributed by atoms with Gasteiger partial charge in [-0.1, -0.05) is 0 Å². The molecule has 0 fully saturated rings. The molecule has 0 amide bonds. The van der Waals surface area contributed by atoms with Crippen molar-refractivity contribution in [3.63, 3.8) is 0 Å². The summed E-state index contributed by atoms with van der Waals surface area (Å²) in [6.45, 7) is 1.95. The number of hydrogen-bond acceptors (Lipinski definition) is 4. The van der Waals surface area contributed by atoms with Gasteiger partial charge in [-0.3, -0.25) is 9.36 Å². The molecule has 2 aromatic rings. The van der Waals surface area contributed by atoms with Gasteiger partial charge in [0.2, 0.25) is 0 Å². The molecule has 19 heavy (non-hydrogen) atoms. The van der Waals surface area contributed by atoms with Crippen LogP contribution >= 0.6 is 0 Å². The number of aromatic nitrogens is 4. The highest BCUT2D eigenvalue weighted by molar-refractivity contribution is 5.05. The largest absolute Gasteiger partial charge is 0.336 e. The molecule has 0 unspecified atom stereocenters. The summed E-state index contributed by atoms with van der Waals surface area (Å²) in [6.07, 6.45) is 6.93. The Labute approximate surface area is 110 Å². The lowest BCUT2D eigenvalue weighted by Crippen LogP contribution is -2.39. The van der Waals surface area contributed by atoms with Gasteiger partial charge in [0.1, 0.15) is 0 Å². The first-order chi connectivity index (χ1) is 9.09. The Kier molecular flexibility index (Phi) is 3.96. The van der Waals surface area contributed by atoms with Crippen LogP contribution in [0.1, 0.15) is 5.56 Å². The molecule has 7 nitrogen and oxygen atoms in total. The average molecular weight is 263 g/mol. The topological polar surface area (TPSA) is 73.8 Å². The minimum Gasteiger partial charge on any atom is -0.336 e. The Morgan fingerprint density at radius 1 is 1.32 bits per heavy atom. The van der Waals surface area contributed by atoms with Gasteiger partial charge in [0, 0.05) is 57.9 Å². The van der Waals surface area contributed by atoms with Crippen LogP contribution in [0.5, 0.6) is 0 Å². The molecule has 2 rings (SSSR count). The van der Waals surface area contributed by atoms with E-state index in [4.69, 9.17) is 0 Å². The Bertz CT molecular complexity index is 654. The van der Waals surface area contributed by atoms with Crippen LogP contribution in [0.2, 0.25) is 0 Å². The second kappa shape index (κ2) is 5.66. The number of hydrogen-bond donors (Lipinski definition) is 1. The third-order valence-electron chi connectivity index (χ3n) is 2.94. The van der Waals surface area contributed by atoms with Gasteiger partial charge < -0.3 is 14.5 Å². The summed E-state index contributed by atoms with van der Waals surface area (Å²) >= 11 is 0. The second-order valence-corrected chi connectivity index (χ2v) is 4.39. The number of nitrogens with one attached hydrogen (secondary N) is 1. The number of rotatable bonds is 5. The first-order valence-electron chi connectivity index (χ1n) is 6.01. The molecule has 0 spiro atoms. The lowest BCUT2D eigenvalue weighted by molar-refractivity contribution is 0.582. The lowest BCUT2D eigenvalue weighted by atomic mass is 10.3. The van der Waals surface area contributed by atoms with E-state index in [1.165, 1.54) is 11.6 Å². The fraction of sp³-hybridized carbons (Fsp3) is 0.417. The number of nitrogens with zero attached hydrogens (tertiary/aromatic N) is 4. The molecule has 0 aliphatic heterocycles. The summed E-state index contributed by atoms with van der Waals surface area (Å²) in [5, 5.41) is 3.18. The molecule has 2 aromatic heterocycles. The van der Waals surface area contributed by atoms with Crippen LogP contribution in [0.15, 0.2) is 34.5 Å². The first kappa shape index (κ1) is 13.3. The fourth-order valence-electron chi connectivity index (χ4n) is 1.85. The molecule has 0 radical (unpaired) electrons. The third kappa shape index (κ3) is 3.00. The molecule has 0 aromatic carbocycles. The van der Waals surface area contributed by atoms with Gasteiger partial charge in [0.25, 0.3) is 5.56 Å². The van der Waals surface area contributed by atoms with E-state index in [2.05, 4.69) is 10.3 Å². The maximum Gasteiger partial charge on any atom is 0.330 e. The molecular weight excluding hydrogens is 246 g/mol. The molecule has 2 heterocycles. The molecule has 0 aliphatic rings. The predicted octanol–water partition coefficient (Wildman–Crippen LogP) is -0.930. The highest BCUT2D eigenvalue weighted by Crippen LogP contribution is 1.88. The summed E-state index contributed by atoms with van der Waals surface area (Å²) in [4.78, 5) is 27.3. The zero-order valence-electron chi connectivity index (χ0n) is 11.0. The van der Waals surface area contributed by atoms with Crippen LogP contribution in [-0.4, -0.2) is 25.2 Å². The molecular formula is C12H17N5O2. The van der Waals surface area contributed by atoms with Gasteiger partial charge in [-0.15, -0.1) is 0 Å². The minimum absolute atomic E-state index is 0.252. The van der Waals surface area contributed by atoms with Crippen LogP contribution in [0, 0.1) is 0 Å². The Balaban J connectivity index is 1.97. The van der Waals surface area contributed by atoms with E-state index >= 15 is 0 Å². The summed E-state index contributed by atoms with van der Waals surface area (Å²) in [7, 11) is 3.12. The van der Waals surface area contributed by atoms with Crippen LogP contribution in [0.4, 0.5) is 0 Å². The molecule has 0 saturated heterocycles. The van der Waals surface area contributed by atoms with Crippen LogP contribution in [-0.2, 0) is 27.2 Å². The predicted molar refractivity (Wildman–Crippen MR) is 70.9 cm³/mol. The van der Waals surface area contributed by atoms with Crippen molar-refractivity contribution in [2.75, 3.05) is 6.54 Å². The quantitative estimate of drug-likeness (QED) is 0.707. The Morgan fingerprint density at radius 3 is 2.79 bits per heavy atom. The molecule has 0 bridgehead atoms. The van der Waals surface area contributed by atoms with Crippen molar-refractivity contribution in [3.8, 4) is 0 Å². The van der Waals surface area contributed by atoms with Crippen LogP contribution in [0.25, 0.3) is 0 Å². The monoisotopic (exact) mass is 263 g/mol.